The molecule has 0 saturated carbocycles. The molecule has 3 atom stereocenters. The lowest BCUT2D eigenvalue weighted by atomic mass is 9.98. The molecule has 2 aromatic rings. The molecule has 0 aromatic heterocycles. The highest BCUT2D eigenvalue weighted by Gasteiger charge is 2.33. The molecule has 4 N–H and O–H groups in total. The van der Waals surface area contributed by atoms with E-state index in [1.54, 1.807) is 25.1 Å². The maximum absolute atomic E-state index is 13.6. The molecule has 1 aliphatic heterocycles. The summed E-state index contributed by atoms with van der Waals surface area (Å²) in [6, 6.07) is 7.98. The minimum atomic E-state index is -3.77. The van der Waals surface area contributed by atoms with Crippen LogP contribution in [0.4, 0.5) is 19.3 Å². The summed E-state index contributed by atoms with van der Waals surface area (Å²) in [5.41, 5.74) is 0.540. The molecule has 3 rings (SSSR count). The Morgan fingerprint density at radius 1 is 1.18 bits per heavy atom. The summed E-state index contributed by atoms with van der Waals surface area (Å²) in [6.45, 7) is 1.61. The Hall–Kier alpha value is -2.60. The second kappa shape index (κ2) is 11.0. The first-order valence-corrected chi connectivity index (χ1v) is 12.0. The van der Waals surface area contributed by atoms with Gasteiger partial charge in [0, 0.05) is 12.6 Å². The van der Waals surface area contributed by atoms with Crippen molar-refractivity contribution in [2.24, 2.45) is 0 Å². The summed E-state index contributed by atoms with van der Waals surface area (Å²) < 4.78 is 60.6. The minimum Gasteiger partial charge on any atom is -0.394 e. The number of aliphatic hydroxyl groups is 1. The van der Waals surface area contributed by atoms with Crippen LogP contribution in [0, 0.1) is 18.6 Å². The lowest BCUT2D eigenvalue weighted by Crippen LogP contribution is -2.51. The molecule has 0 unspecified atom stereocenters. The smallest absolute Gasteiger partial charge is 0.319 e. The minimum absolute atomic E-state index is 0.145. The lowest BCUT2D eigenvalue weighted by Gasteiger charge is -2.36. The fraction of sp³-hybridized carbons (Fsp3) is 0.409. The van der Waals surface area contributed by atoms with Gasteiger partial charge in [-0.2, -0.15) is 0 Å². The van der Waals surface area contributed by atoms with Crippen LogP contribution < -0.4 is 15.4 Å². The number of hydrogen-bond acceptors (Lipinski definition) is 5. The maximum Gasteiger partial charge on any atom is 0.319 e. The molecule has 33 heavy (non-hydrogen) atoms. The molecule has 2 aromatic carbocycles. The summed E-state index contributed by atoms with van der Waals surface area (Å²) in [5.74, 6) is -1.43. The predicted molar refractivity (Wildman–Crippen MR) is 118 cm³/mol. The monoisotopic (exact) mass is 483 g/mol. The van der Waals surface area contributed by atoms with Crippen LogP contribution in [0.25, 0.3) is 0 Å². The van der Waals surface area contributed by atoms with Crippen molar-refractivity contribution in [3.8, 4) is 0 Å². The quantitative estimate of drug-likeness (QED) is 0.461. The van der Waals surface area contributed by atoms with Crippen molar-refractivity contribution in [1.29, 1.82) is 0 Å². The first kappa shape index (κ1) is 25.0. The molecule has 0 spiro atoms. The van der Waals surface area contributed by atoms with E-state index in [1.165, 1.54) is 6.07 Å². The number of carbonyl (C=O) groups excluding carboxylic acids is 1. The molecule has 8 nitrogen and oxygen atoms in total. The molecule has 2 amide bonds. The molecule has 1 fully saturated rings. The average Bonchev–Trinajstić information content (AvgIpc) is 2.77. The molecule has 0 bridgehead atoms. The van der Waals surface area contributed by atoms with Gasteiger partial charge in [0.05, 0.1) is 35.4 Å². The number of anilines is 1. The fourth-order valence-corrected chi connectivity index (χ4v) is 5.04. The van der Waals surface area contributed by atoms with E-state index in [0.29, 0.717) is 19.3 Å². The van der Waals surface area contributed by atoms with Crippen LogP contribution in [0.5, 0.6) is 0 Å². The van der Waals surface area contributed by atoms with Gasteiger partial charge < -0.3 is 20.5 Å². The first-order valence-electron chi connectivity index (χ1n) is 10.5. The zero-order valence-electron chi connectivity index (χ0n) is 18.1. The van der Waals surface area contributed by atoms with Crippen LogP contribution in [0.3, 0.4) is 0 Å². The first-order chi connectivity index (χ1) is 15.7. The number of benzene rings is 2. The van der Waals surface area contributed by atoms with Gasteiger partial charge in [-0.15, -0.1) is 0 Å². The van der Waals surface area contributed by atoms with E-state index in [9.17, 15) is 27.1 Å². The van der Waals surface area contributed by atoms with Gasteiger partial charge >= 0.3 is 6.03 Å². The van der Waals surface area contributed by atoms with Gasteiger partial charge in [-0.3, -0.25) is 0 Å². The molecule has 0 radical (unpaired) electrons. The number of sulfonamides is 1. The number of ether oxygens (including phenoxy) is 1. The van der Waals surface area contributed by atoms with E-state index in [4.69, 9.17) is 4.74 Å². The molecule has 1 saturated heterocycles. The fourth-order valence-electron chi connectivity index (χ4n) is 3.64. The molecule has 1 heterocycles. The predicted octanol–water partition coefficient (Wildman–Crippen LogP) is 2.67. The van der Waals surface area contributed by atoms with Gasteiger partial charge in [0.15, 0.2) is 0 Å². The summed E-state index contributed by atoms with van der Waals surface area (Å²) in [5, 5.41) is 14.5. The normalized spacial score (nSPS) is 20.9. The van der Waals surface area contributed by atoms with Crippen LogP contribution in [-0.4, -0.2) is 51.0 Å². The van der Waals surface area contributed by atoms with Gasteiger partial charge in [-0.25, -0.2) is 26.7 Å². The van der Waals surface area contributed by atoms with Crippen molar-refractivity contribution in [2.45, 2.75) is 49.3 Å². The van der Waals surface area contributed by atoms with Gasteiger partial charge in [0.1, 0.15) is 11.6 Å². The SMILES string of the molecule is Cc1cccc(S(=O)(=O)N[C@H]2CC[C@H](CCNC(=O)Nc3cc(F)ccc3F)O[C@@H]2CO)c1. The van der Waals surface area contributed by atoms with Crippen LogP contribution in [0.1, 0.15) is 24.8 Å². The zero-order chi connectivity index (χ0) is 24.0. The van der Waals surface area contributed by atoms with Crippen molar-refractivity contribution in [3.05, 3.63) is 59.7 Å². The molecule has 11 heteroatoms. The standard InChI is InChI=1S/C22H27F2N3O5S/c1-14-3-2-4-17(11-14)33(30,31)27-19-8-6-16(32-21(19)13-28)9-10-25-22(29)26-20-12-15(23)5-7-18(20)24/h2-5,7,11-12,16,19,21,27-28H,6,8-10,13H2,1H3,(H2,25,26,29)/t16-,19+,21-/m1/s1. The second-order valence-electron chi connectivity index (χ2n) is 7.89. The number of amides is 2. The molecule has 0 aliphatic carbocycles. The molecular weight excluding hydrogens is 456 g/mol. The Kier molecular flexibility index (Phi) is 8.35. The van der Waals surface area contributed by atoms with E-state index in [-0.39, 0.29) is 29.8 Å². The molecule has 180 valence electrons. The Morgan fingerprint density at radius 3 is 2.70 bits per heavy atom. The third kappa shape index (κ3) is 6.94. The van der Waals surface area contributed by atoms with E-state index < -0.39 is 39.8 Å². The summed E-state index contributed by atoms with van der Waals surface area (Å²) >= 11 is 0. The van der Waals surface area contributed by atoms with E-state index >= 15 is 0 Å². The lowest BCUT2D eigenvalue weighted by molar-refractivity contribution is -0.0871. The Morgan fingerprint density at radius 2 is 1.97 bits per heavy atom. The van der Waals surface area contributed by atoms with Crippen molar-refractivity contribution in [2.75, 3.05) is 18.5 Å². The van der Waals surface area contributed by atoms with Crippen LogP contribution in [0.15, 0.2) is 47.4 Å². The topological polar surface area (TPSA) is 117 Å². The number of urea groups is 1. The number of hydrogen-bond donors (Lipinski definition) is 4. The third-order valence-corrected chi connectivity index (χ3v) is 6.82. The Bertz CT molecular complexity index is 1080. The van der Waals surface area contributed by atoms with Crippen molar-refractivity contribution in [3.63, 3.8) is 0 Å². The number of carbonyl (C=O) groups is 1. The molecule has 1 aliphatic rings. The van der Waals surface area contributed by atoms with Gasteiger partial charge in [0.25, 0.3) is 0 Å². The summed E-state index contributed by atoms with van der Waals surface area (Å²) in [4.78, 5) is 12.1. The van der Waals surface area contributed by atoms with E-state index in [1.807, 2.05) is 0 Å². The highest BCUT2D eigenvalue weighted by atomic mass is 32.2. The highest BCUT2D eigenvalue weighted by Crippen LogP contribution is 2.23. The van der Waals surface area contributed by atoms with Crippen molar-refractivity contribution in [1.82, 2.24) is 10.0 Å². The van der Waals surface area contributed by atoms with Crippen molar-refractivity contribution >= 4 is 21.7 Å². The maximum atomic E-state index is 13.6. The Balaban J connectivity index is 1.48. The van der Waals surface area contributed by atoms with E-state index in [0.717, 1.165) is 23.8 Å². The number of nitrogens with one attached hydrogen (secondary N) is 3. The van der Waals surface area contributed by atoms with Gasteiger partial charge in [-0.1, -0.05) is 12.1 Å². The number of rotatable bonds is 8. The summed E-state index contributed by atoms with van der Waals surface area (Å²) in [6.07, 6.45) is 0.306. The van der Waals surface area contributed by atoms with Crippen LogP contribution in [0.2, 0.25) is 0 Å². The largest absolute Gasteiger partial charge is 0.394 e. The number of aliphatic hydroxyl groups excluding tert-OH is 1. The van der Waals surface area contributed by atoms with E-state index in [2.05, 4.69) is 15.4 Å². The van der Waals surface area contributed by atoms with Crippen LogP contribution in [-0.2, 0) is 14.8 Å². The zero-order valence-corrected chi connectivity index (χ0v) is 18.9. The highest BCUT2D eigenvalue weighted by molar-refractivity contribution is 7.89. The second-order valence-corrected chi connectivity index (χ2v) is 9.61. The Labute approximate surface area is 191 Å². The average molecular weight is 484 g/mol. The summed E-state index contributed by atoms with van der Waals surface area (Å²) in [7, 11) is -3.77. The van der Waals surface area contributed by atoms with Gasteiger partial charge in [-0.05, 0) is 56.0 Å². The van der Waals surface area contributed by atoms with Gasteiger partial charge in [0.2, 0.25) is 10.0 Å². The number of halogens is 2. The van der Waals surface area contributed by atoms with Crippen molar-refractivity contribution < 1.29 is 31.8 Å². The molecular formula is C22H27F2N3O5S. The third-order valence-electron chi connectivity index (χ3n) is 5.33. The van der Waals surface area contributed by atoms with Crippen LogP contribution >= 0.6 is 0 Å². The number of aryl methyl sites for hydroxylation is 1.